The van der Waals surface area contributed by atoms with Crippen LogP contribution < -0.4 is 10.2 Å². The van der Waals surface area contributed by atoms with Crippen LogP contribution >= 0.6 is 0 Å². The molecule has 2 aliphatic rings. The molecule has 152 valence electrons. The van der Waals surface area contributed by atoms with Crippen molar-refractivity contribution in [3.05, 3.63) is 18.6 Å². The standard InChI is InChI=1S/C20H30N6O2/c1-28-12-8-22-20(27)15-3-2-9-26(13-15)16-5-10-25(11-6-16)19-17-4-7-21-18(17)23-14-24-19/h4,7,14-16H,2-3,5-6,8-13H2,1H3,(H,22,27)(H,21,23,24). The fourth-order valence-electron chi connectivity index (χ4n) is 4.53. The Morgan fingerprint density at radius 1 is 1.29 bits per heavy atom. The molecule has 0 bridgehead atoms. The van der Waals surface area contributed by atoms with Crippen LogP contribution in [0.5, 0.6) is 0 Å². The highest BCUT2D eigenvalue weighted by atomic mass is 16.5. The molecule has 28 heavy (non-hydrogen) atoms. The summed E-state index contributed by atoms with van der Waals surface area (Å²) in [4.78, 5) is 29.3. The lowest BCUT2D eigenvalue weighted by Gasteiger charge is -2.42. The Morgan fingerprint density at radius 2 is 2.14 bits per heavy atom. The molecule has 2 aliphatic heterocycles. The number of hydrogen-bond donors (Lipinski definition) is 2. The van der Waals surface area contributed by atoms with Crippen LogP contribution in [0, 0.1) is 5.92 Å². The van der Waals surface area contributed by atoms with E-state index in [1.165, 1.54) is 0 Å². The summed E-state index contributed by atoms with van der Waals surface area (Å²) in [6.45, 7) is 5.11. The lowest BCUT2D eigenvalue weighted by molar-refractivity contribution is -0.127. The van der Waals surface area contributed by atoms with Crippen molar-refractivity contribution in [3.63, 3.8) is 0 Å². The highest BCUT2D eigenvalue weighted by molar-refractivity contribution is 5.87. The molecule has 4 rings (SSSR count). The van der Waals surface area contributed by atoms with Gasteiger partial charge in [-0.25, -0.2) is 9.97 Å². The molecule has 1 amide bonds. The third kappa shape index (κ3) is 4.12. The molecular weight excluding hydrogens is 356 g/mol. The van der Waals surface area contributed by atoms with E-state index in [9.17, 15) is 4.79 Å². The van der Waals surface area contributed by atoms with Gasteiger partial charge in [0.15, 0.2) is 0 Å². The minimum Gasteiger partial charge on any atom is -0.383 e. The van der Waals surface area contributed by atoms with Gasteiger partial charge in [-0.1, -0.05) is 0 Å². The maximum absolute atomic E-state index is 12.4. The van der Waals surface area contributed by atoms with Gasteiger partial charge >= 0.3 is 0 Å². The fourth-order valence-corrected chi connectivity index (χ4v) is 4.53. The lowest BCUT2D eigenvalue weighted by Crippen LogP contribution is -2.51. The zero-order chi connectivity index (χ0) is 19.3. The van der Waals surface area contributed by atoms with Gasteiger partial charge in [-0.2, -0.15) is 0 Å². The number of nitrogens with one attached hydrogen (secondary N) is 2. The smallest absolute Gasteiger partial charge is 0.224 e. The molecule has 4 heterocycles. The molecule has 0 spiro atoms. The molecule has 2 aromatic heterocycles. The Balaban J connectivity index is 1.32. The molecule has 1 atom stereocenters. The summed E-state index contributed by atoms with van der Waals surface area (Å²) in [7, 11) is 1.66. The first kappa shape index (κ1) is 19.1. The summed E-state index contributed by atoms with van der Waals surface area (Å²) in [5.74, 6) is 1.30. The minimum atomic E-state index is 0.102. The second-order valence-electron chi connectivity index (χ2n) is 7.77. The van der Waals surface area contributed by atoms with Crippen LogP contribution in [0.4, 0.5) is 5.82 Å². The summed E-state index contributed by atoms with van der Waals surface area (Å²) >= 11 is 0. The fraction of sp³-hybridized carbons (Fsp3) is 0.650. The number of hydrogen-bond acceptors (Lipinski definition) is 6. The first-order valence-corrected chi connectivity index (χ1v) is 10.3. The van der Waals surface area contributed by atoms with Crippen LogP contribution in [0.2, 0.25) is 0 Å². The van der Waals surface area contributed by atoms with Crippen LogP contribution in [0.25, 0.3) is 11.0 Å². The zero-order valence-electron chi connectivity index (χ0n) is 16.6. The van der Waals surface area contributed by atoms with Gasteiger partial charge in [0.2, 0.25) is 5.91 Å². The normalized spacial score (nSPS) is 21.9. The van der Waals surface area contributed by atoms with Gasteiger partial charge in [0.25, 0.3) is 0 Å². The molecule has 0 aliphatic carbocycles. The molecule has 1 unspecified atom stereocenters. The molecule has 0 saturated carbocycles. The van der Waals surface area contributed by atoms with Gasteiger partial charge in [0.1, 0.15) is 17.8 Å². The maximum Gasteiger partial charge on any atom is 0.224 e. The molecular formula is C20H30N6O2. The zero-order valence-corrected chi connectivity index (χ0v) is 16.6. The molecule has 8 heteroatoms. The molecule has 2 fully saturated rings. The highest BCUT2D eigenvalue weighted by Crippen LogP contribution is 2.28. The third-order valence-electron chi connectivity index (χ3n) is 6.04. The number of piperidine rings is 2. The Hall–Kier alpha value is -2.19. The molecule has 0 aromatic carbocycles. The average Bonchev–Trinajstić information content (AvgIpc) is 3.23. The van der Waals surface area contributed by atoms with Gasteiger partial charge in [0.05, 0.1) is 17.9 Å². The highest BCUT2D eigenvalue weighted by Gasteiger charge is 2.32. The van der Waals surface area contributed by atoms with Crippen molar-refractivity contribution in [1.29, 1.82) is 0 Å². The van der Waals surface area contributed by atoms with Gasteiger partial charge in [-0.15, -0.1) is 0 Å². The van der Waals surface area contributed by atoms with Crippen molar-refractivity contribution in [3.8, 4) is 0 Å². The van der Waals surface area contributed by atoms with E-state index in [2.05, 4.69) is 30.1 Å². The Kier molecular flexibility index (Phi) is 6.07. The van der Waals surface area contributed by atoms with Crippen molar-refractivity contribution in [2.45, 2.75) is 31.7 Å². The van der Waals surface area contributed by atoms with Gasteiger partial charge in [-0.3, -0.25) is 9.69 Å². The van der Waals surface area contributed by atoms with Crippen LogP contribution in [0.15, 0.2) is 18.6 Å². The van der Waals surface area contributed by atoms with Crippen molar-refractivity contribution in [2.75, 3.05) is 51.3 Å². The molecule has 2 saturated heterocycles. The summed E-state index contributed by atoms with van der Waals surface area (Å²) in [5.41, 5.74) is 0.894. The summed E-state index contributed by atoms with van der Waals surface area (Å²) in [6.07, 6.45) is 7.85. The summed E-state index contributed by atoms with van der Waals surface area (Å²) < 4.78 is 5.02. The van der Waals surface area contributed by atoms with E-state index in [0.717, 1.165) is 68.7 Å². The third-order valence-corrected chi connectivity index (χ3v) is 6.04. The topological polar surface area (TPSA) is 86.4 Å². The number of nitrogens with zero attached hydrogens (tertiary/aromatic N) is 4. The second-order valence-corrected chi connectivity index (χ2v) is 7.77. The molecule has 2 aromatic rings. The van der Waals surface area contributed by atoms with E-state index in [1.807, 2.05) is 12.3 Å². The number of aromatic amines is 1. The van der Waals surface area contributed by atoms with Crippen LogP contribution in [-0.2, 0) is 9.53 Å². The minimum absolute atomic E-state index is 0.102. The lowest BCUT2D eigenvalue weighted by atomic mass is 9.93. The Morgan fingerprint density at radius 3 is 2.96 bits per heavy atom. The number of amides is 1. The molecule has 8 nitrogen and oxygen atoms in total. The van der Waals surface area contributed by atoms with E-state index in [-0.39, 0.29) is 11.8 Å². The van der Waals surface area contributed by atoms with Crippen LogP contribution in [-0.4, -0.2) is 78.2 Å². The van der Waals surface area contributed by atoms with Crippen molar-refractivity contribution in [1.82, 2.24) is 25.2 Å². The monoisotopic (exact) mass is 386 g/mol. The number of carbonyl (C=O) groups is 1. The number of H-pyrrole nitrogens is 1. The van der Waals surface area contributed by atoms with E-state index in [1.54, 1.807) is 13.4 Å². The number of likely N-dealkylation sites (tertiary alicyclic amines) is 1. The predicted molar refractivity (Wildman–Crippen MR) is 108 cm³/mol. The van der Waals surface area contributed by atoms with Crippen molar-refractivity contribution >= 4 is 22.8 Å². The number of aromatic nitrogens is 3. The van der Waals surface area contributed by atoms with Crippen LogP contribution in [0.3, 0.4) is 0 Å². The van der Waals surface area contributed by atoms with E-state index >= 15 is 0 Å². The van der Waals surface area contributed by atoms with E-state index < -0.39 is 0 Å². The quantitative estimate of drug-likeness (QED) is 0.730. The molecule has 2 N–H and O–H groups in total. The van der Waals surface area contributed by atoms with Crippen molar-refractivity contribution < 1.29 is 9.53 Å². The summed E-state index contributed by atoms with van der Waals surface area (Å²) in [5, 5.41) is 4.09. The van der Waals surface area contributed by atoms with E-state index in [4.69, 9.17) is 4.74 Å². The SMILES string of the molecule is COCCNC(=O)C1CCCN(C2CCN(c3ncnc4[nH]ccc34)CC2)C1. The maximum atomic E-state index is 12.4. The van der Waals surface area contributed by atoms with Gasteiger partial charge < -0.3 is 19.9 Å². The van der Waals surface area contributed by atoms with Gasteiger partial charge in [0, 0.05) is 45.5 Å². The number of anilines is 1. The predicted octanol–water partition coefficient (Wildman–Crippen LogP) is 1.40. The number of rotatable bonds is 6. The summed E-state index contributed by atoms with van der Waals surface area (Å²) in [6, 6.07) is 2.60. The first-order chi connectivity index (χ1) is 13.8. The van der Waals surface area contributed by atoms with Crippen LogP contribution in [0.1, 0.15) is 25.7 Å². The Bertz CT molecular complexity index is 786. The largest absolute Gasteiger partial charge is 0.383 e. The van der Waals surface area contributed by atoms with E-state index in [0.29, 0.717) is 19.2 Å². The number of ether oxygens (including phenoxy) is 1. The number of methoxy groups -OCH3 is 1. The Labute approximate surface area is 165 Å². The average molecular weight is 387 g/mol. The second kappa shape index (κ2) is 8.87. The number of fused-ring (bicyclic) bond motifs is 1. The number of carbonyl (C=O) groups excluding carboxylic acids is 1. The first-order valence-electron chi connectivity index (χ1n) is 10.3. The van der Waals surface area contributed by atoms with Gasteiger partial charge in [-0.05, 0) is 38.3 Å². The molecule has 0 radical (unpaired) electrons. The van der Waals surface area contributed by atoms with Crippen molar-refractivity contribution in [2.24, 2.45) is 5.92 Å².